The zero-order valence-corrected chi connectivity index (χ0v) is 10.6. The lowest BCUT2D eigenvalue weighted by molar-refractivity contribution is -0.0987. The first-order chi connectivity index (χ1) is 7.98. The standard InChI is InChI=1S/C12H20N2O3/c1-8(2)11-13-10(17-14-11)7-12(15)4-5-16-9(3)6-12/h8-9,15H,4-7H2,1-3H3/t9-,12+/m0/s1. The van der Waals surface area contributed by atoms with Crippen molar-refractivity contribution in [2.45, 2.75) is 57.7 Å². The van der Waals surface area contributed by atoms with Gasteiger partial charge in [0, 0.05) is 25.4 Å². The van der Waals surface area contributed by atoms with Gasteiger partial charge in [0.15, 0.2) is 5.82 Å². The maximum Gasteiger partial charge on any atom is 0.229 e. The highest BCUT2D eigenvalue weighted by Crippen LogP contribution is 2.28. The van der Waals surface area contributed by atoms with Crippen LogP contribution in [-0.2, 0) is 11.2 Å². The average Bonchev–Trinajstić information content (AvgIpc) is 2.64. The van der Waals surface area contributed by atoms with Crippen LogP contribution in [0.5, 0.6) is 0 Å². The molecule has 2 rings (SSSR count). The molecule has 1 saturated heterocycles. The van der Waals surface area contributed by atoms with Gasteiger partial charge in [-0.1, -0.05) is 19.0 Å². The first-order valence-electron chi connectivity index (χ1n) is 6.15. The molecule has 5 nitrogen and oxygen atoms in total. The summed E-state index contributed by atoms with van der Waals surface area (Å²) in [5, 5.41) is 14.3. The Hall–Kier alpha value is -0.940. The van der Waals surface area contributed by atoms with Gasteiger partial charge in [-0.05, 0) is 6.92 Å². The molecular weight excluding hydrogens is 220 g/mol. The molecule has 0 aromatic carbocycles. The van der Waals surface area contributed by atoms with E-state index in [1.165, 1.54) is 0 Å². The van der Waals surface area contributed by atoms with Crippen LogP contribution in [0, 0.1) is 0 Å². The van der Waals surface area contributed by atoms with Gasteiger partial charge >= 0.3 is 0 Å². The van der Waals surface area contributed by atoms with Crippen LogP contribution in [0.25, 0.3) is 0 Å². The molecule has 1 aliphatic rings. The monoisotopic (exact) mass is 240 g/mol. The molecule has 5 heteroatoms. The summed E-state index contributed by atoms with van der Waals surface area (Å²) in [6.07, 6.45) is 1.74. The van der Waals surface area contributed by atoms with Crippen molar-refractivity contribution in [2.75, 3.05) is 6.61 Å². The van der Waals surface area contributed by atoms with Crippen LogP contribution in [0.4, 0.5) is 0 Å². The fourth-order valence-corrected chi connectivity index (χ4v) is 2.16. The highest BCUT2D eigenvalue weighted by atomic mass is 16.5. The molecule has 0 unspecified atom stereocenters. The molecule has 1 N–H and O–H groups in total. The first-order valence-corrected chi connectivity index (χ1v) is 6.15. The van der Waals surface area contributed by atoms with E-state index in [1.807, 2.05) is 20.8 Å². The second kappa shape index (κ2) is 4.74. The summed E-state index contributed by atoms with van der Waals surface area (Å²) in [5.41, 5.74) is -0.765. The van der Waals surface area contributed by atoms with Crippen LogP contribution < -0.4 is 0 Å². The lowest BCUT2D eigenvalue weighted by Crippen LogP contribution is -2.41. The fraction of sp³-hybridized carbons (Fsp3) is 0.833. The van der Waals surface area contributed by atoms with Crippen LogP contribution in [0.2, 0.25) is 0 Å². The van der Waals surface area contributed by atoms with Gasteiger partial charge in [-0.25, -0.2) is 0 Å². The molecule has 1 aliphatic heterocycles. The maximum atomic E-state index is 10.4. The van der Waals surface area contributed by atoms with Crippen molar-refractivity contribution >= 4 is 0 Å². The van der Waals surface area contributed by atoms with Crippen LogP contribution in [0.1, 0.15) is 51.2 Å². The largest absolute Gasteiger partial charge is 0.389 e. The van der Waals surface area contributed by atoms with E-state index < -0.39 is 5.60 Å². The van der Waals surface area contributed by atoms with Crippen molar-refractivity contribution in [3.05, 3.63) is 11.7 Å². The minimum atomic E-state index is -0.765. The van der Waals surface area contributed by atoms with Gasteiger partial charge in [-0.15, -0.1) is 0 Å². The first kappa shape index (κ1) is 12.5. The summed E-state index contributed by atoms with van der Waals surface area (Å²) >= 11 is 0. The number of rotatable bonds is 3. The Bertz CT molecular complexity index is 378. The van der Waals surface area contributed by atoms with E-state index >= 15 is 0 Å². The van der Waals surface area contributed by atoms with Crippen molar-refractivity contribution in [3.8, 4) is 0 Å². The van der Waals surface area contributed by atoms with E-state index in [-0.39, 0.29) is 12.0 Å². The van der Waals surface area contributed by atoms with Gasteiger partial charge in [0.25, 0.3) is 0 Å². The van der Waals surface area contributed by atoms with Crippen LogP contribution in [-0.4, -0.2) is 33.6 Å². The van der Waals surface area contributed by atoms with E-state index in [1.54, 1.807) is 0 Å². The summed E-state index contributed by atoms with van der Waals surface area (Å²) in [7, 11) is 0. The summed E-state index contributed by atoms with van der Waals surface area (Å²) in [6.45, 7) is 6.58. The van der Waals surface area contributed by atoms with Crippen molar-refractivity contribution in [1.82, 2.24) is 10.1 Å². The van der Waals surface area contributed by atoms with Crippen molar-refractivity contribution in [2.24, 2.45) is 0 Å². The number of ether oxygens (including phenoxy) is 1. The zero-order chi connectivity index (χ0) is 12.5. The minimum Gasteiger partial charge on any atom is -0.389 e. The quantitative estimate of drug-likeness (QED) is 0.870. The molecule has 0 amide bonds. The Balaban J connectivity index is 2.03. The molecule has 96 valence electrons. The second-order valence-electron chi connectivity index (χ2n) is 5.24. The molecule has 0 bridgehead atoms. The smallest absolute Gasteiger partial charge is 0.229 e. The van der Waals surface area contributed by atoms with Crippen molar-refractivity contribution in [1.29, 1.82) is 0 Å². The summed E-state index contributed by atoms with van der Waals surface area (Å²) < 4.78 is 10.6. The number of hydrogen-bond donors (Lipinski definition) is 1. The Morgan fingerprint density at radius 2 is 2.29 bits per heavy atom. The van der Waals surface area contributed by atoms with Crippen LogP contribution in [0.3, 0.4) is 0 Å². The topological polar surface area (TPSA) is 68.4 Å². The minimum absolute atomic E-state index is 0.0845. The number of nitrogens with zero attached hydrogens (tertiary/aromatic N) is 2. The summed E-state index contributed by atoms with van der Waals surface area (Å²) in [6, 6.07) is 0. The van der Waals surface area contributed by atoms with E-state index in [0.29, 0.717) is 37.6 Å². The van der Waals surface area contributed by atoms with E-state index in [4.69, 9.17) is 9.26 Å². The Morgan fingerprint density at radius 3 is 2.88 bits per heavy atom. The van der Waals surface area contributed by atoms with E-state index in [2.05, 4.69) is 10.1 Å². The van der Waals surface area contributed by atoms with Gasteiger partial charge in [-0.2, -0.15) is 4.98 Å². The molecule has 0 aliphatic carbocycles. The highest BCUT2D eigenvalue weighted by molar-refractivity contribution is 4.97. The molecule has 17 heavy (non-hydrogen) atoms. The maximum absolute atomic E-state index is 10.4. The van der Waals surface area contributed by atoms with Crippen molar-refractivity contribution < 1.29 is 14.4 Å². The molecule has 1 aromatic heterocycles. The molecular formula is C12H20N2O3. The summed E-state index contributed by atoms with van der Waals surface area (Å²) in [4.78, 5) is 4.30. The van der Waals surface area contributed by atoms with Crippen LogP contribution in [0.15, 0.2) is 4.52 Å². The SMILES string of the molecule is CC(C)c1noc(C[C@@]2(O)CCO[C@@H](C)C2)n1. The molecule has 1 aromatic rings. The molecule has 0 spiro atoms. The zero-order valence-electron chi connectivity index (χ0n) is 10.6. The predicted octanol–water partition coefficient (Wildman–Crippen LogP) is 1.67. The van der Waals surface area contributed by atoms with E-state index in [9.17, 15) is 5.11 Å². The molecule has 2 atom stereocenters. The third-order valence-corrected chi connectivity index (χ3v) is 3.12. The molecule has 0 saturated carbocycles. The number of aliphatic hydroxyl groups is 1. The molecule has 1 fully saturated rings. The van der Waals surface area contributed by atoms with Gasteiger partial charge in [-0.3, -0.25) is 0 Å². The lowest BCUT2D eigenvalue weighted by Gasteiger charge is -2.34. The lowest BCUT2D eigenvalue weighted by atomic mass is 9.88. The third-order valence-electron chi connectivity index (χ3n) is 3.12. The highest BCUT2D eigenvalue weighted by Gasteiger charge is 2.35. The van der Waals surface area contributed by atoms with Gasteiger partial charge in [0.1, 0.15) is 0 Å². The predicted molar refractivity (Wildman–Crippen MR) is 61.7 cm³/mol. The fourth-order valence-electron chi connectivity index (χ4n) is 2.16. The van der Waals surface area contributed by atoms with Crippen molar-refractivity contribution in [3.63, 3.8) is 0 Å². The average molecular weight is 240 g/mol. The summed E-state index contributed by atoms with van der Waals surface area (Å²) in [5.74, 6) is 1.46. The Labute approximate surface area is 101 Å². The molecule has 0 radical (unpaired) electrons. The van der Waals surface area contributed by atoms with Gasteiger partial charge in [0.2, 0.25) is 5.89 Å². The Morgan fingerprint density at radius 1 is 1.53 bits per heavy atom. The number of aromatic nitrogens is 2. The molecule has 2 heterocycles. The van der Waals surface area contributed by atoms with E-state index in [0.717, 1.165) is 0 Å². The third kappa shape index (κ3) is 3.04. The normalized spacial score (nSPS) is 29.8. The van der Waals surface area contributed by atoms with Gasteiger partial charge < -0.3 is 14.4 Å². The van der Waals surface area contributed by atoms with Gasteiger partial charge in [0.05, 0.1) is 18.1 Å². The second-order valence-corrected chi connectivity index (χ2v) is 5.24. The Kier molecular flexibility index (Phi) is 3.49. The van der Waals surface area contributed by atoms with Crippen LogP contribution >= 0.6 is 0 Å². The number of hydrogen-bond acceptors (Lipinski definition) is 5.